The number of hydrogen-bond donors (Lipinski definition) is 1. The van der Waals surface area contributed by atoms with Gasteiger partial charge < -0.3 is 14.5 Å². The summed E-state index contributed by atoms with van der Waals surface area (Å²) in [5.74, 6) is -0.994. The Balaban J connectivity index is 2.00. The van der Waals surface area contributed by atoms with Gasteiger partial charge in [0.1, 0.15) is 0 Å². The molecule has 6 heteroatoms. The second-order valence-electron chi connectivity index (χ2n) is 4.30. The second-order valence-corrected chi connectivity index (χ2v) is 4.30. The van der Waals surface area contributed by atoms with E-state index in [1.165, 1.54) is 12.8 Å². The zero-order valence-corrected chi connectivity index (χ0v) is 9.93. The molecule has 1 aliphatic rings. The van der Waals surface area contributed by atoms with Crippen molar-refractivity contribution in [2.75, 3.05) is 13.1 Å². The quantitative estimate of drug-likeness (QED) is 0.850. The fourth-order valence-electron chi connectivity index (χ4n) is 2.34. The van der Waals surface area contributed by atoms with Crippen LogP contribution in [0.15, 0.2) is 4.52 Å². The molecule has 0 amide bonds. The Labute approximate surface area is 99.6 Å². The molecule has 17 heavy (non-hydrogen) atoms. The number of carbonyl (C=O) groups is 1. The third-order valence-electron chi connectivity index (χ3n) is 3.22. The van der Waals surface area contributed by atoms with E-state index in [0.29, 0.717) is 18.3 Å². The number of nitrogens with zero attached hydrogens (tertiary/aromatic N) is 3. The van der Waals surface area contributed by atoms with E-state index in [2.05, 4.69) is 26.5 Å². The lowest BCUT2D eigenvalue weighted by Gasteiger charge is -2.34. The minimum absolute atomic E-state index is 0.321. The number of aromatic carboxylic acids is 1. The topological polar surface area (TPSA) is 79.5 Å². The standard InChI is InChI=1S/C11H17N3O3/c1-2-14-6-4-3-5-8(14)7-9-12-10(11(15)16)17-13-9/h8H,2-7H2,1H3,(H,15,16). The minimum atomic E-state index is -1.17. The van der Waals surface area contributed by atoms with Crippen LogP contribution in [0.5, 0.6) is 0 Å². The van der Waals surface area contributed by atoms with Gasteiger partial charge in [0.2, 0.25) is 0 Å². The van der Waals surface area contributed by atoms with E-state index in [1.54, 1.807) is 0 Å². The number of carboxylic acid groups (broad SMARTS) is 1. The maximum absolute atomic E-state index is 10.6. The van der Waals surface area contributed by atoms with Crippen LogP contribution in [0.25, 0.3) is 0 Å². The summed E-state index contributed by atoms with van der Waals surface area (Å²) in [5.41, 5.74) is 0. The number of likely N-dealkylation sites (N-methyl/N-ethyl adjacent to an activating group) is 1. The van der Waals surface area contributed by atoms with Crippen LogP contribution in [0.3, 0.4) is 0 Å². The first kappa shape index (κ1) is 12.0. The zero-order valence-electron chi connectivity index (χ0n) is 9.93. The fourth-order valence-corrected chi connectivity index (χ4v) is 2.34. The molecule has 1 unspecified atom stereocenters. The lowest BCUT2D eigenvalue weighted by Crippen LogP contribution is -2.40. The van der Waals surface area contributed by atoms with Crippen LogP contribution >= 0.6 is 0 Å². The van der Waals surface area contributed by atoms with Crippen molar-refractivity contribution >= 4 is 5.97 Å². The van der Waals surface area contributed by atoms with Crippen molar-refractivity contribution in [2.24, 2.45) is 0 Å². The molecule has 0 radical (unpaired) electrons. The van der Waals surface area contributed by atoms with Gasteiger partial charge in [-0.2, -0.15) is 4.98 Å². The molecule has 0 aliphatic carbocycles. The van der Waals surface area contributed by atoms with Crippen molar-refractivity contribution in [3.05, 3.63) is 11.7 Å². The van der Waals surface area contributed by atoms with Gasteiger partial charge in [-0.25, -0.2) is 4.79 Å². The van der Waals surface area contributed by atoms with E-state index in [9.17, 15) is 4.79 Å². The van der Waals surface area contributed by atoms with Crippen LogP contribution in [0.1, 0.15) is 42.7 Å². The average molecular weight is 239 g/mol. The molecule has 2 rings (SSSR count). The number of aromatic nitrogens is 2. The van der Waals surface area contributed by atoms with Crippen molar-refractivity contribution in [1.82, 2.24) is 15.0 Å². The minimum Gasteiger partial charge on any atom is -0.474 e. The third kappa shape index (κ3) is 2.82. The molecule has 1 atom stereocenters. The first-order valence-electron chi connectivity index (χ1n) is 6.00. The molecule has 0 bridgehead atoms. The molecule has 1 fully saturated rings. The molecule has 0 saturated carbocycles. The lowest BCUT2D eigenvalue weighted by molar-refractivity contribution is 0.0643. The third-order valence-corrected chi connectivity index (χ3v) is 3.22. The van der Waals surface area contributed by atoms with E-state index >= 15 is 0 Å². The Morgan fingerprint density at radius 2 is 2.41 bits per heavy atom. The number of piperidine rings is 1. The highest BCUT2D eigenvalue weighted by Crippen LogP contribution is 2.19. The SMILES string of the molecule is CCN1CCCCC1Cc1noc(C(=O)O)n1. The molecule has 1 aliphatic heterocycles. The smallest absolute Gasteiger partial charge is 0.394 e. The molecule has 1 saturated heterocycles. The van der Waals surface area contributed by atoms with Gasteiger partial charge in [0.05, 0.1) is 0 Å². The second kappa shape index (κ2) is 5.27. The first-order chi connectivity index (χ1) is 8.20. The lowest BCUT2D eigenvalue weighted by atomic mass is 9.99. The van der Waals surface area contributed by atoms with Crippen molar-refractivity contribution in [3.8, 4) is 0 Å². The van der Waals surface area contributed by atoms with E-state index < -0.39 is 5.97 Å². The predicted octanol–water partition coefficient (Wildman–Crippen LogP) is 1.18. The molecule has 1 aromatic heterocycles. The largest absolute Gasteiger partial charge is 0.474 e. The highest BCUT2D eigenvalue weighted by Gasteiger charge is 2.24. The summed E-state index contributed by atoms with van der Waals surface area (Å²) in [4.78, 5) is 16.9. The molecule has 0 spiro atoms. The molecule has 1 aromatic rings. The van der Waals surface area contributed by atoms with Crippen LogP contribution in [-0.4, -0.2) is 45.2 Å². The number of carboxylic acids is 1. The maximum atomic E-state index is 10.6. The average Bonchev–Trinajstić information content (AvgIpc) is 2.78. The van der Waals surface area contributed by atoms with Crippen LogP contribution in [0, 0.1) is 0 Å². The summed E-state index contributed by atoms with van der Waals surface area (Å²) in [5, 5.41) is 12.4. The van der Waals surface area contributed by atoms with Gasteiger partial charge in [-0.3, -0.25) is 0 Å². The van der Waals surface area contributed by atoms with Crippen LogP contribution < -0.4 is 0 Å². The molecule has 6 nitrogen and oxygen atoms in total. The Hall–Kier alpha value is -1.43. The molecular weight excluding hydrogens is 222 g/mol. The summed E-state index contributed by atoms with van der Waals surface area (Å²) in [6.07, 6.45) is 4.23. The Morgan fingerprint density at radius 3 is 3.06 bits per heavy atom. The first-order valence-corrected chi connectivity index (χ1v) is 6.00. The maximum Gasteiger partial charge on any atom is 0.394 e. The van der Waals surface area contributed by atoms with Gasteiger partial charge in [0.15, 0.2) is 5.82 Å². The monoisotopic (exact) mass is 239 g/mol. The van der Waals surface area contributed by atoms with Crippen LogP contribution in [-0.2, 0) is 6.42 Å². The van der Waals surface area contributed by atoms with E-state index in [4.69, 9.17) is 5.11 Å². The van der Waals surface area contributed by atoms with Gasteiger partial charge in [-0.05, 0) is 25.9 Å². The Bertz CT molecular complexity index is 391. The van der Waals surface area contributed by atoms with E-state index in [0.717, 1.165) is 19.5 Å². The summed E-state index contributed by atoms with van der Waals surface area (Å²) < 4.78 is 4.66. The molecular formula is C11H17N3O3. The predicted molar refractivity (Wildman–Crippen MR) is 59.8 cm³/mol. The fraction of sp³-hybridized carbons (Fsp3) is 0.727. The van der Waals surface area contributed by atoms with Crippen LogP contribution in [0.2, 0.25) is 0 Å². The van der Waals surface area contributed by atoms with Crippen molar-refractivity contribution in [2.45, 2.75) is 38.6 Å². The summed E-state index contributed by atoms with van der Waals surface area (Å²) in [6.45, 7) is 4.25. The van der Waals surface area contributed by atoms with Crippen molar-refractivity contribution < 1.29 is 14.4 Å². The summed E-state index contributed by atoms with van der Waals surface area (Å²) in [7, 11) is 0. The molecule has 0 aromatic carbocycles. The summed E-state index contributed by atoms with van der Waals surface area (Å²) in [6, 6.07) is 0.410. The highest BCUT2D eigenvalue weighted by atomic mass is 16.5. The molecule has 1 N–H and O–H groups in total. The Morgan fingerprint density at radius 1 is 1.59 bits per heavy atom. The van der Waals surface area contributed by atoms with E-state index in [-0.39, 0.29) is 5.89 Å². The van der Waals surface area contributed by atoms with Gasteiger partial charge in [0.25, 0.3) is 0 Å². The van der Waals surface area contributed by atoms with Gasteiger partial charge in [-0.1, -0.05) is 18.5 Å². The summed E-state index contributed by atoms with van der Waals surface area (Å²) >= 11 is 0. The van der Waals surface area contributed by atoms with Crippen molar-refractivity contribution in [3.63, 3.8) is 0 Å². The molecule has 94 valence electrons. The normalized spacial score (nSPS) is 21.6. The zero-order chi connectivity index (χ0) is 12.3. The Kier molecular flexibility index (Phi) is 3.73. The van der Waals surface area contributed by atoms with Gasteiger partial charge in [0, 0.05) is 12.5 Å². The molecule has 2 heterocycles. The highest BCUT2D eigenvalue weighted by molar-refractivity contribution is 5.81. The van der Waals surface area contributed by atoms with Crippen molar-refractivity contribution in [1.29, 1.82) is 0 Å². The van der Waals surface area contributed by atoms with Gasteiger partial charge >= 0.3 is 11.9 Å². The number of likely N-dealkylation sites (tertiary alicyclic amines) is 1. The number of rotatable bonds is 4. The van der Waals surface area contributed by atoms with Gasteiger partial charge in [-0.15, -0.1) is 0 Å². The van der Waals surface area contributed by atoms with E-state index in [1.807, 2.05) is 0 Å². The number of hydrogen-bond acceptors (Lipinski definition) is 5. The van der Waals surface area contributed by atoms with Crippen LogP contribution in [0.4, 0.5) is 0 Å².